The number of amides is 1. The number of hydrogen-bond donors (Lipinski definition) is 1. The third-order valence-electron chi connectivity index (χ3n) is 3.29. The summed E-state index contributed by atoms with van der Waals surface area (Å²) in [6, 6.07) is 7.77. The molecule has 0 saturated heterocycles. The van der Waals surface area contributed by atoms with Gasteiger partial charge < -0.3 is 15.0 Å². The molecule has 0 saturated carbocycles. The number of carbonyl (C=O) groups is 1. The van der Waals surface area contributed by atoms with Crippen LogP contribution in [0.25, 0.3) is 0 Å². The number of carbonyl (C=O) groups excluding carboxylic acids is 1. The zero-order valence-corrected chi connectivity index (χ0v) is 13.5. The molecule has 0 unspecified atom stereocenters. The normalized spacial score (nSPS) is 10.2. The summed E-state index contributed by atoms with van der Waals surface area (Å²) >= 11 is 0. The molecule has 1 N–H and O–H groups in total. The van der Waals surface area contributed by atoms with Crippen molar-refractivity contribution in [2.75, 3.05) is 32.6 Å². The number of hydrogen-bond acceptors (Lipinski definition) is 3. The SMILES string of the molecule is CCCCCCCOc1cccc(NCC(=O)N(C)C)c1. The average molecular weight is 292 g/mol. The van der Waals surface area contributed by atoms with E-state index in [4.69, 9.17) is 4.74 Å². The lowest BCUT2D eigenvalue weighted by Crippen LogP contribution is -2.28. The van der Waals surface area contributed by atoms with Crippen LogP contribution in [0.5, 0.6) is 5.75 Å². The van der Waals surface area contributed by atoms with Gasteiger partial charge in [0.1, 0.15) is 5.75 Å². The first-order chi connectivity index (χ1) is 10.1. The quantitative estimate of drug-likeness (QED) is 0.671. The van der Waals surface area contributed by atoms with Crippen LogP contribution in [0.2, 0.25) is 0 Å². The van der Waals surface area contributed by atoms with Crippen LogP contribution in [0, 0.1) is 0 Å². The number of nitrogens with one attached hydrogen (secondary N) is 1. The third kappa shape index (κ3) is 7.59. The summed E-state index contributed by atoms with van der Waals surface area (Å²) in [6.07, 6.45) is 6.17. The number of rotatable bonds is 10. The first-order valence-electron chi connectivity index (χ1n) is 7.80. The lowest BCUT2D eigenvalue weighted by atomic mass is 10.2. The second-order valence-corrected chi connectivity index (χ2v) is 5.43. The highest BCUT2D eigenvalue weighted by atomic mass is 16.5. The zero-order chi connectivity index (χ0) is 15.5. The largest absolute Gasteiger partial charge is 0.494 e. The fourth-order valence-electron chi connectivity index (χ4n) is 1.93. The van der Waals surface area contributed by atoms with Crippen molar-refractivity contribution in [2.45, 2.75) is 39.0 Å². The van der Waals surface area contributed by atoms with Gasteiger partial charge >= 0.3 is 0 Å². The minimum absolute atomic E-state index is 0.0530. The van der Waals surface area contributed by atoms with E-state index in [0.717, 1.165) is 24.5 Å². The highest BCUT2D eigenvalue weighted by Gasteiger charge is 2.03. The van der Waals surface area contributed by atoms with Gasteiger partial charge in [-0.05, 0) is 18.6 Å². The predicted molar refractivity (Wildman–Crippen MR) is 87.9 cm³/mol. The van der Waals surface area contributed by atoms with Crippen LogP contribution in [0.1, 0.15) is 39.0 Å². The smallest absolute Gasteiger partial charge is 0.241 e. The molecule has 0 aliphatic carbocycles. The Bertz CT molecular complexity index is 419. The van der Waals surface area contributed by atoms with Gasteiger partial charge in [0.15, 0.2) is 0 Å². The molecule has 4 heteroatoms. The Morgan fingerprint density at radius 3 is 2.67 bits per heavy atom. The third-order valence-corrected chi connectivity index (χ3v) is 3.29. The van der Waals surface area contributed by atoms with Crippen molar-refractivity contribution in [3.63, 3.8) is 0 Å². The molecule has 0 atom stereocenters. The van der Waals surface area contributed by atoms with Crippen LogP contribution in [-0.4, -0.2) is 38.1 Å². The number of likely N-dealkylation sites (N-methyl/N-ethyl adjacent to an activating group) is 1. The molecule has 0 spiro atoms. The molecule has 118 valence electrons. The number of unbranched alkanes of at least 4 members (excludes halogenated alkanes) is 4. The first kappa shape index (κ1) is 17.3. The van der Waals surface area contributed by atoms with Crippen LogP contribution < -0.4 is 10.1 Å². The maximum atomic E-state index is 11.5. The molecule has 1 aromatic rings. The van der Waals surface area contributed by atoms with Crippen LogP contribution in [-0.2, 0) is 4.79 Å². The maximum Gasteiger partial charge on any atom is 0.241 e. The lowest BCUT2D eigenvalue weighted by molar-refractivity contribution is -0.126. The Labute approximate surface area is 128 Å². The molecule has 0 aliphatic heterocycles. The molecule has 0 aliphatic rings. The fraction of sp³-hybridized carbons (Fsp3) is 0.588. The molecular weight excluding hydrogens is 264 g/mol. The number of benzene rings is 1. The molecule has 0 heterocycles. The van der Waals surface area contributed by atoms with Gasteiger partial charge in [-0.1, -0.05) is 38.7 Å². The second kappa shape index (κ2) is 10.1. The molecule has 0 fully saturated rings. The van der Waals surface area contributed by atoms with Crippen LogP contribution >= 0.6 is 0 Å². The van der Waals surface area contributed by atoms with Crippen molar-refractivity contribution in [1.29, 1.82) is 0 Å². The Balaban J connectivity index is 2.30. The molecule has 1 amide bonds. The molecule has 21 heavy (non-hydrogen) atoms. The molecule has 0 aromatic heterocycles. The van der Waals surface area contributed by atoms with E-state index in [1.54, 1.807) is 19.0 Å². The van der Waals surface area contributed by atoms with E-state index in [-0.39, 0.29) is 5.91 Å². The monoisotopic (exact) mass is 292 g/mol. The minimum atomic E-state index is 0.0530. The Morgan fingerprint density at radius 1 is 1.19 bits per heavy atom. The topological polar surface area (TPSA) is 41.6 Å². The number of nitrogens with zero attached hydrogens (tertiary/aromatic N) is 1. The van der Waals surface area contributed by atoms with Crippen molar-refractivity contribution in [1.82, 2.24) is 4.90 Å². The Kier molecular flexibility index (Phi) is 8.32. The van der Waals surface area contributed by atoms with Gasteiger partial charge in [0, 0.05) is 25.8 Å². The first-order valence-corrected chi connectivity index (χ1v) is 7.80. The number of ether oxygens (including phenoxy) is 1. The van der Waals surface area contributed by atoms with Crippen molar-refractivity contribution >= 4 is 11.6 Å². The van der Waals surface area contributed by atoms with E-state index in [0.29, 0.717) is 6.54 Å². The molecule has 0 bridgehead atoms. The Hall–Kier alpha value is -1.71. The highest BCUT2D eigenvalue weighted by Crippen LogP contribution is 2.17. The van der Waals surface area contributed by atoms with E-state index in [9.17, 15) is 4.79 Å². The molecule has 1 rings (SSSR count). The van der Waals surface area contributed by atoms with Crippen LogP contribution in [0.3, 0.4) is 0 Å². The van der Waals surface area contributed by atoms with Crippen LogP contribution in [0.4, 0.5) is 5.69 Å². The van der Waals surface area contributed by atoms with Gasteiger partial charge in [-0.15, -0.1) is 0 Å². The van der Waals surface area contributed by atoms with E-state index in [2.05, 4.69) is 12.2 Å². The molecule has 1 aromatic carbocycles. The lowest BCUT2D eigenvalue weighted by Gasteiger charge is -2.12. The summed E-state index contributed by atoms with van der Waals surface area (Å²) in [5.74, 6) is 0.907. The summed E-state index contributed by atoms with van der Waals surface area (Å²) < 4.78 is 5.75. The molecule has 0 radical (unpaired) electrons. The minimum Gasteiger partial charge on any atom is -0.494 e. The summed E-state index contributed by atoms with van der Waals surface area (Å²) in [5, 5.41) is 3.11. The van der Waals surface area contributed by atoms with E-state index >= 15 is 0 Å². The van der Waals surface area contributed by atoms with Crippen molar-refractivity contribution in [3.8, 4) is 5.75 Å². The second-order valence-electron chi connectivity index (χ2n) is 5.43. The Morgan fingerprint density at radius 2 is 1.95 bits per heavy atom. The fourth-order valence-corrected chi connectivity index (χ4v) is 1.93. The van der Waals surface area contributed by atoms with Crippen molar-refractivity contribution in [2.24, 2.45) is 0 Å². The van der Waals surface area contributed by atoms with Gasteiger partial charge in [0.05, 0.1) is 13.2 Å². The van der Waals surface area contributed by atoms with E-state index in [1.807, 2.05) is 24.3 Å². The van der Waals surface area contributed by atoms with Gasteiger partial charge in [0.2, 0.25) is 5.91 Å². The highest BCUT2D eigenvalue weighted by molar-refractivity contribution is 5.80. The van der Waals surface area contributed by atoms with Gasteiger partial charge in [-0.25, -0.2) is 0 Å². The summed E-state index contributed by atoms with van der Waals surface area (Å²) in [5.41, 5.74) is 0.911. The standard InChI is InChI=1S/C17H28N2O2/c1-4-5-6-7-8-12-21-16-11-9-10-15(13-16)18-14-17(20)19(2)3/h9-11,13,18H,4-8,12,14H2,1-3H3. The van der Waals surface area contributed by atoms with E-state index < -0.39 is 0 Å². The zero-order valence-electron chi connectivity index (χ0n) is 13.5. The number of anilines is 1. The van der Waals surface area contributed by atoms with Gasteiger partial charge in [0.25, 0.3) is 0 Å². The predicted octanol–water partition coefficient (Wildman–Crippen LogP) is 3.54. The van der Waals surface area contributed by atoms with Gasteiger partial charge in [-0.2, -0.15) is 0 Å². The summed E-state index contributed by atoms with van der Waals surface area (Å²) in [4.78, 5) is 13.1. The van der Waals surface area contributed by atoms with Gasteiger partial charge in [-0.3, -0.25) is 4.79 Å². The van der Waals surface area contributed by atoms with Crippen molar-refractivity contribution < 1.29 is 9.53 Å². The summed E-state index contributed by atoms with van der Waals surface area (Å²) in [7, 11) is 3.50. The average Bonchev–Trinajstić information content (AvgIpc) is 2.48. The van der Waals surface area contributed by atoms with Crippen LogP contribution in [0.15, 0.2) is 24.3 Å². The summed E-state index contributed by atoms with van der Waals surface area (Å²) in [6.45, 7) is 3.27. The van der Waals surface area contributed by atoms with Crippen molar-refractivity contribution in [3.05, 3.63) is 24.3 Å². The van der Waals surface area contributed by atoms with E-state index in [1.165, 1.54) is 25.7 Å². The molecule has 4 nitrogen and oxygen atoms in total. The maximum absolute atomic E-state index is 11.5. The molecular formula is C17H28N2O2.